The van der Waals surface area contributed by atoms with E-state index in [2.05, 4.69) is 46.9 Å². The van der Waals surface area contributed by atoms with Crippen molar-refractivity contribution in [2.45, 2.75) is 65.9 Å². The highest BCUT2D eigenvalue weighted by Crippen LogP contribution is 2.61. The lowest BCUT2D eigenvalue weighted by Gasteiger charge is -2.59. The summed E-state index contributed by atoms with van der Waals surface area (Å²) in [4.78, 5) is 0. The lowest BCUT2D eigenvalue weighted by atomic mass is 9.46. The Balaban J connectivity index is 2.32. The number of rotatable bonds is 3. The molecule has 0 saturated heterocycles. The summed E-state index contributed by atoms with van der Waals surface area (Å²) in [5.74, 6) is 1.12. The molecule has 4 atom stereocenters. The molecule has 4 unspecified atom stereocenters. The zero-order chi connectivity index (χ0) is 15.8. The fourth-order valence-corrected chi connectivity index (χ4v) is 4.99. The van der Waals surface area contributed by atoms with Gasteiger partial charge in [0.05, 0.1) is 6.10 Å². The maximum atomic E-state index is 10.5. The van der Waals surface area contributed by atoms with Crippen molar-refractivity contribution < 1.29 is 5.11 Å². The van der Waals surface area contributed by atoms with Gasteiger partial charge in [0.25, 0.3) is 0 Å². The second kappa shape index (κ2) is 5.76. The Labute approximate surface area is 130 Å². The average molecular weight is 288 g/mol. The summed E-state index contributed by atoms with van der Waals surface area (Å²) in [5.41, 5.74) is 2.96. The van der Waals surface area contributed by atoms with Crippen LogP contribution in [-0.4, -0.2) is 11.2 Å². The Morgan fingerprint density at radius 1 is 1.33 bits per heavy atom. The molecule has 1 nitrogen and oxygen atoms in total. The van der Waals surface area contributed by atoms with Gasteiger partial charge in [-0.15, -0.1) is 0 Å². The van der Waals surface area contributed by atoms with Crippen LogP contribution < -0.4 is 0 Å². The zero-order valence-corrected chi connectivity index (χ0v) is 14.3. The molecular weight excluding hydrogens is 256 g/mol. The molecule has 0 aliphatic heterocycles. The zero-order valence-electron chi connectivity index (χ0n) is 14.3. The molecule has 0 spiro atoms. The van der Waals surface area contributed by atoms with E-state index in [1.54, 1.807) is 0 Å². The normalized spacial score (nSPS) is 39.8. The maximum absolute atomic E-state index is 10.5. The quantitative estimate of drug-likeness (QED) is 0.553. The first-order valence-corrected chi connectivity index (χ1v) is 8.38. The van der Waals surface area contributed by atoms with Gasteiger partial charge in [0, 0.05) is 0 Å². The van der Waals surface area contributed by atoms with Crippen LogP contribution >= 0.6 is 0 Å². The van der Waals surface area contributed by atoms with Crippen molar-refractivity contribution in [1.82, 2.24) is 0 Å². The van der Waals surface area contributed by atoms with Gasteiger partial charge in [0.2, 0.25) is 0 Å². The molecule has 0 heterocycles. The smallest absolute Gasteiger partial charge is 0.0594 e. The van der Waals surface area contributed by atoms with E-state index in [1.165, 1.54) is 17.6 Å². The number of allylic oxidation sites excluding steroid dienone is 4. The summed E-state index contributed by atoms with van der Waals surface area (Å²) in [5, 5.41) is 10.5. The number of hydrogen-bond donors (Lipinski definition) is 1. The van der Waals surface area contributed by atoms with Crippen molar-refractivity contribution in [3.8, 4) is 0 Å². The number of hydrogen-bond acceptors (Lipinski definition) is 1. The molecule has 2 saturated carbocycles. The van der Waals surface area contributed by atoms with Crippen LogP contribution in [0.2, 0.25) is 0 Å². The highest BCUT2D eigenvalue weighted by molar-refractivity contribution is 5.20. The maximum Gasteiger partial charge on any atom is 0.0594 e. The van der Waals surface area contributed by atoms with E-state index in [-0.39, 0.29) is 16.9 Å². The van der Waals surface area contributed by atoms with Gasteiger partial charge < -0.3 is 5.11 Å². The molecule has 0 aromatic carbocycles. The summed E-state index contributed by atoms with van der Waals surface area (Å²) < 4.78 is 0. The van der Waals surface area contributed by atoms with Gasteiger partial charge in [-0.25, -0.2) is 0 Å². The van der Waals surface area contributed by atoms with Crippen molar-refractivity contribution >= 4 is 0 Å². The van der Waals surface area contributed by atoms with Crippen LogP contribution in [0.5, 0.6) is 0 Å². The molecule has 2 aliphatic carbocycles. The predicted molar refractivity (Wildman–Crippen MR) is 91.1 cm³/mol. The summed E-state index contributed by atoms with van der Waals surface area (Å²) in [6.07, 6.45) is 9.49. The van der Waals surface area contributed by atoms with Crippen LogP contribution in [0.25, 0.3) is 0 Å². The van der Waals surface area contributed by atoms with E-state index in [9.17, 15) is 5.11 Å². The molecule has 1 N–H and O–H groups in total. The number of aliphatic hydroxyl groups excluding tert-OH is 1. The molecule has 1 heteroatoms. The molecule has 0 aromatic heterocycles. The first-order valence-electron chi connectivity index (χ1n) is 8.38. The Kier molecular flexibility index (Phi) is 4.54. The van der Waals surface area contributed by atoms with E-state index in [0.29, 0.717) is 11.8 Å². The minimum Gasteiger partial charge on any atom is -0.393 e. The van der Waals surface area contributed by atoms with E-state index in [0.717, 1.165) is 25.7 Å². The van der Waals surface area contributed by atoms with Gasteiger partial charge >= 0.3 is 0 Å². The van der Waals surface area contributed by atoms with Gasteiger partial charge in [0.1, 0.15) is 0 Å². The van der Waals surface area contributed by atoms with E-state index < -0.39 is 0 Å². The van der Waals surface area contributed by atoms with Crippen molar-refractivity contribution in [2.24, 2.45) is 22.7 Å². The molecule has 0 radical (unpaired) electrons. The third kappa shape index (κ3) is 2.77. The predicted octanol–water partition coefficient (Wildman–Crippen LogP) is 5.28. The fraction of sp³-hybridized carbons (Fsp3) is 0.700. The summed E-state index contributed by atoms with van der Waals surface area (Å²) in [7, 11) is 0. The van der Waals surface area contributed by atoms with Crippen LogP contribution in [-0.2, 0) is 0 Å². The van der Waals surface area contributed by atoms with Crippen molar-refractivity contribution in [1.29, 1.82) is 0 Å². The molecule has 0 bridgehead atoms. The fourth-order valence-electron chi connectivity index (χ4n) is 4.99. The Morgan fingerprint density at radius 3 is 2.62 bits per heavy atom. The van der Waals surface area contributed by atoms with Gasteiger partial charge in [-0.2, -0.15) is 0 Å². The second-order valence-electron chi connectivity index (χ2n) is 8.07. The van der Waals surface area contributed by atoms with Crippen LogP contribution in [0.1, 0.15) is 59.8 Å². The Bertz CT molecular complexity index is 456. The van der Waals surface area contributed by atoms with Crippen molar-refractivity contribution in [3.63, 3.8) is 0 Å². The number of aliphatic hydroxyl groups is 1. The van der Waals surface area contributed by atoms with Crippen LogP contribution in [0.15, 0.2) is 36.5 Å². The third-order valence-corrected chi connectivity index (χ3v) is 6.55. The highest BCUT2D eigenvalue weighted by atomic mass is 16.3. The first-order chi connectivity index (χ1) is 9.73. The van der Waals surface area contributed by atoms with Gasteiger partial charge in [-0.05, 0) is 61.7 Å². The van der Waals surface area contributed by atoms with Crippen LogP contribution in [0, 0.1) is 22.7 Å². The highest BCUT2D eigenvalue weighted by Gasteiger charge is 2.55. The third-order valence-electron chi connectivity index (χ3n) is 6.55. The summed E-state index contributed by atoms with van der Waals surface area (Å²) >= 11 is 0. The first kappa shape index (κ1) is 16.5. The van der Waals surface area contributed by atoms with Gasteiger partial charge in [0.15, 0.2) is 0 Å². The molecule has 0 aromatic rings. The Morgan fingerprint density at radius 2 is 2.00 bits per heavy atom. The van der Waals surface area contributed by atoms with Gasteiger partial charge in [-0.3, -0.25) is 0 Å². The topological polar surface area (TPSA) is 20.2 Å². The molecule has 118 valence electrons. The lowest BCUT2D eigenvalue weighted by molar-refractivity contribution is -0.123. The summed E-state index contributed by atoms with van der Waals surface area (Å²) in [6, 6.07) is 0. The SMILES string of the molecule is C=CC(C)=CCC1C(=C)CCC2C(C)(C)C(O)CCC12C. The van der Waals surface area contributed by atoms with Crippen molar-refractivity contribution in [2.75, 3.05) is 0 Å². The molecule has 2 fully saturated rings. The average Bonchev–Trinajstić information content (AvgIpc) is 2.42. The van der Waals surface area contributed by atoms with E-state index in [4.69, 9.17) is 0 Å². The van der Waals surface area contributed by atoms with Crippen molar-refractivity contribution in [3.05, 3.63) is 36.5 Å². The van der Waals surface area contributed by atoms with Crippen LogP contribution in [0.3, 0.4) is 0 Å². The van der Waals surface area contributed by atoms with Crippen LogP contribution in [0.4, 0.5) is 0 Å². The molecule has 2 rings (SSSR count). The second-order valence-corrected chi connectivity index (χ2v) is 8.07. The molecule has 21 heavy (non-hydrogen) atoms. The molecule has 2 aliphatic rings. The minimum atomic E-state index is -0.159. The van der Waals surface area contributed by atoms with E-state index in [1.807, 2.05) is 6.08 Å². The standard InChI is InChI=1S/C20H32O/c1-7-14(2)8-10-16-15(3)9-11-17-19(4,5)18(21)12-13-20(16,17)6/h7-8,16-18,21H,1,3,9-13H2,2,4-6H3. The summed E-state index contributed by atoms with van der Waals surface area (Å²) in [6.45, 7) is 17.3. The Hall–Kier alpha value is -0.820. The van der Waals surface area contributed by atoms with Gasteiger partial charge in [-0.1, -0.05) is 57.2 Å². The molecule has 0 amide bonds. The van der Waals surface area contributed by atoms with E-state index >= 15 is 0 Å². The number of fused-ring (bicyclic) bond motifs is 1. The molecular formula is C20H32O. The minimum absolute atomic E-state index is 0.0170. The monoisotopic (exact) mass is 288 g/mol. The largest absolute Gasteiger partial charge is 0.393 e. The lowest BCUT2D eigenvalue weighted by Crippen LogP contribution is -2.54.